The lowest BCUT2D eigenvalue weighted by molar-refractivity contribution is -0.385. The molecule has 0 spiro atoms. The number of aromatic nitrogens is 1. The highest BCUT2D eigenvalue weighted by Crippen LogP contribution is 2.21. The fourth-order valence-corrected chi connectivity index (χ4v) is 1.80. The summed E-state index contributed by atoms with van der Waals surface area (Å²) in [6, 6.07) is 1.08. The normalized spacial score (nSPS) is 13.6. The van der Waals surface area contributed by atoms with Crippen LogP contribution in [-0.4, -0.2) is 33.1 Å². The second-order valence-electron chi connectivity index (χ2n) is 4.63. The Labute approximate surface area is 121 Å². The van der Waals surface area contributed by atoms with Crippen LogP contribution >= 0.6 is 11.6 Å². The van der Waals surface area contributed by atoms with Gasteiger partial charge in [-0.3, -0.25) is 14.9 Å². The Balaban J connectivity index is 3.02. The van der Waals surface area contributed by atoms with Gasteiger partial charge in [-0.2, -0.15) is 0 Å². The first-order chi connectivity index (χ1) is 9.33. The molecule has 8 heteroatoms. The number of nitrogens with zero attached hydrogens (tertiary/aromatic N) is 2. The van der Waals surface area contributed by atoms with Gasteiger partial charge in [0, 0.05) is 18.2 Å². The third-order valence-corrected chi connectivity index (χ3v) is 3.44. The average Bonchev–Trinajstić information content (AvgIpc) is 2.39. The Kier molecular flexibility index (Phi) is 5.41. The number of nitrogens with one attached hydrogen (secondary N) is 1. The van der Waals surface area contributed by atoms with Crippen molar-refractivity contribution >= 4 is 23.2 Å². The third kappa shape index (κ3) is 3.88. The van der Waals surface area contributed by atoms with Crippen LogP contribution in [0, 0.1) is 10.1 Å². The van der Waals surface area contributed by atoms with Gasteiger partial charge in [-0.15, -0.1) is 0 Å². The molecule has 0 aliphatic rings. The molecule has 0 aliphatic carbocycles. The van der Waals surface area contributed by atoms with E-state index in [-0.39, 0.29) is 23.0 Å². The standard InChI is InChI=1S/C12H16ClN3O4/c1-3-12(2,4-5-17)15-11(18)9-6-8(16(19)20)7-14-10(9)13/h6-7,17H,3-5H2,1-2H3,(H,15,18). The molecule has 1 aromatic rings. The number of aliphatic hydroxyl groups is 1. The first-order valence-electron chi connectivity index (χ1n) is 6.06. The second-order valence-corrected chi connectivity index (χ2v) is 4.99. The van der Waals surface area contributed by atoms with Gasteiger partial charge in [-0.1, -0.05) is 18.5 Å². The van der Waals surface area contributed by atoms with Crippen molar-refractivity contribution < 1.29 is 14.8 Å². The van der Waals surface area contributed by atoms with E-state index in [9.17, 15) is 14.9 Å². The quantitative estimate of drug-likeness (QED) is 0.474. The molecule has 1 amide bonds. The van der Waals surface area contributed by atoms with Crippen LogP contribution in [0.5, 0.6) is 0 Å². The molecule has 0 fully saturated rings. The summed E-state index contributed by atoms with van der Waals surface area (Å²) in [4.78, 5) is 25.8. The first kappa shape index (κ1) is 16.3. The van der Waals surface area contributed by atoms with Crippen LogP contribution in [0.1, 0.15) is 37.0 Å². The fourth-order valence-electron chi connectivity index (χ4n) is 1.61. The summed E-state index contributed by atoms with van der Waals surface area (Å²) in [5, 5.41) is 22.3. The minimum Gasteiger partial charge on any atom is -0.396 e. The van der Waals surface area contributed by atoms with Gasteiger partial charge in [-0.05, 0) is 19.8 Å². The molecule has 1 unspecified atom stereocenters. The highest BCUT2D eigenvalue weighted by Gasteiger charge is 2.26. The minimum atomic E-state index is -0.646. The largest absolute Gasteiger partial charge is 0.396 e. The number of carbonyl (C=O) groups excluding carboxylic acids is 1. The fraction of sp³-hybridized carbons (Fsp3) is 0.500. The molecule has 0 radical (unpaired) electrons. The molecular weight excluding hydrogens is 286 g/mol. The third-order valence-electron chi connectivity index (χ3n) is 3.14. The number of hydrogen-bond acceptors (Lipinski definition) is 5. The molecule has 1 rings (SSSR count). The summed E-state index contributed by atoms with van der Waals surface area (Å²) in [6.45, 7) is 3.56. The zero-order valence-electron chi connectivity index (χ0n) is 11.2. The van der Waals surface area contributed by atoms with E-state index >= 15 is 0 Å². The molecule has 2 N–H and O–H groups in total. The van der Waals surface area contributed by atoms with E-state index in [1.807, 2.05) is 6.92 Å². The van der Waals surface area contributed by atoms with E-state index in [1.54, 1.807) is 6.92 Å². The van der Waals surface area contributed by atoms with E-state index in [2.05, 4.69) is 10.3 Å². The monoisotopic (exact) mass is 301 g/mol. The van der Waals surface area contributed by atoms with Gasteiger partial charge in [0.05, 0.1) is 10.5 Å². The van der Waals surface area contributed by atoms with Crippen LogP contribution in [0.15, 0.2) is 12.3 Å². The summed E-state index contributed by atoms with van der Waals surface area (Å²) in [7, 11) is 0. The summed E-state index contributed by atoms with van der Waals surface area (Å²) in [6.07, 6.45) is 1.96. The van der Waals surface area contributed by atoms with Crippen molar-refractivity contribution in [2.24, 2.45) is 0 Å². The number of nitro groups is 1. The Morgan fingerprint density at radius 2 is 2.30 bits per heavy atom. The molecule has 7 nitrogen and oxygen atoms in total. The van der Waals surface area contributed by atoms with E-state index < -0.39 is 16.4 Å². The van der Waals surface area contributed by atoms with Crippen molar-refractivity contribution in [2.75, 3.05) is 6.61 Å². The molecule has 0 aromatic carbocycles. The summed E-state index contributed by atoms with van der Waals surface area (Å²) < 4.78 is 0. The van der Waals surface area contributed by atoms with Crippen LogP contribution in [0.3, 0.4) is 0 Å². The maximum atomic E-state index is 12.1. The minimum absolute atomic E-state index is 0.0570. The van der Waals surface area contributed by atoms with Crippen molar-refractivity contribution in [3.63, 3.8) is 0 Å². The lowest BCUT2D eigenvalue weighted by atomic mass is 9.94. The number of amides is 1. The lowest BCUT2D eigenvalue weighted by Gasteiger charge is -2.29. The number of pyridine rings is 1. The van der Waals surface area contributed by atoms with Gasteiger partial charge in [0.25, 0.3) is 11.6 Å². The van der Waals surface area contributed by atoms with Crippen LogP contribution < -0.4 is 5.32 Å². The maximum Gasteiger partial charge on any atom is 0.288 e. The van der Waals surface area contributed by atoms with Crippen molar-refractivity contribution in [2.45, 2.75) is 32.2 Å². The van der Waals surface area contributed by atoms with Crippen LogP contribution in [0.25, 0.3) is 0 Å². The Morgan fingerprint density at radius 1 is 1.65 bits per heavy atom. The Bertz CT molecular complexity index is 523. The molecule has 0 bridgehead atoms. The van der Waals surface area contributed by atoms with Crippen molar-refractivity contribution in [1.82, 2.24) is 10.3 Å². The molecule has 1 aromatic heterocycles. The highest BCUT2D eigenvalue weighted by molar-refractivity contribution is 6.32. The summed E-state index contributed by atoms with van der Waals surface area (Å²) >= 11 is 5.80. The molecule has 0 saturated heterocycles. The average molecular weight is 302 g/mol. The van der Waals surface area contributed by atoms with Gasteiger partial charge in [0.2, 0.25) is 0 Å². The van der Waals surface area contributed by atoms with E-state index in [4.69, 9.17) is 16.7 Å². The molecule has 1 heterocycles. The lowest BCUT2D eigenvalue weighted by Crippen LogP contribution is -2.46. The van der Waals surface area contributed by atoms with Crippen LogP contribution in [-0.2, 0) is 0 Å². The topological polar surface area (TPSA) is 105 Å². The van der Waals surface area contributed by atoms with Gasteiger partial charge in [0.15, 0.2) is 0 Å². The highest BCUT2D eigenvalue weighted by atomic mass is 35.5. The zero-order chi connectivity index (χ0) is 15.3. The Morgan fingerprint density at radius 3 is 2.80 bits per heavy atom. The summed E-state index contributed by atoms with van der Waals surface area (Å²) in [5.74, 6) is -0.552. The smallest absolute Gasteiger partial charge is 0.288 e. The molecule has 110 valence electrons. The van der Waals surface area contributed by atoms with Gasteiger partial charge < -0.3 is 10.4 Å². The van der Waals surface area contributed by atoms with Gasteiger partial charge >= 0.3 is 0 Å². The number of rotatable bonds is 6. The predicted octanol–water partition coefficient (Wildman–Crippen LogP) is 1.92. The van der Waals surface area contributed by atoms with E-state index in [0.717, 1.165) is 12.3 Å². The molecule has 0 saturated carbocycles. The number of halogens is 1. The first-order valence-corrected chi connectivity index (χ1v) is 6.44. The van der Waals surface area contributed by atoms with E-state index in [0.29, 0.717) is 12.8 Å². The molecule has 20 heavy (non-hydrogen) atoms. The van der Waals surface area contributed by atoms with Crippen molar-refractivity contribution in [3.8, 4) is 0 Å². The predicted molar refractivity (Wildman–Crippen MR) is 73.8 cm³/mol. The Hall–Kier alpha value is -1.73. The second kappa shape index (κ2) is 6.62. The number of hydrogen-bond donors (Lipinski definition) is 2. The number of carbonyl (C=O) groups is 1. The molecule has 1 atom stereocenters. The molecular formula is C12H16ClN3O4. The summed E-state index contributed by atoms with van der Waals surface area (Å²) in [5.41, 5.74) is -0.974. The van der Waals surface area contributed by atoms with Crippen LogP contribution in [0.4, 0.5) is 5.69 Å². The van der Waals surface area contributed by atoms with Crippen molar-refractivity contribution in [1.29, 1.82) is 0 Å². The molecule has 0 aliphatic heterocycles. The van der Waals surface area contributed by atoms with Crippen molar-refractivity contribution in [3.05, 3.63) is 33.1 Å². The zero-order valence-corrected chi connectivity index (χ0v) is 12.0. The van der Waals surface area contributed by atoms with Gasteiger partial charge in [-0.25, -0.2) is 4.98 Å². The van der Waals surface area contributed by atoms with Crippen LogP contribution in [0.2, 0.25) is 5.15 Å². The van der Waals surface area contributed by atoms with E-state index in [1.165, 1.54) is 0 Å². The SMILES string of the molecule is CCC(C)(CCO)NC(=O)c1cc([N+](=O)[O-])cnc1Cl. The number of aliphatic hydroxyl groups excluding tert-OH is 1. The maximum absolute atomic E-state index is 12.1. The van der Waals surface area contributed by atoms with Gasteiger partial charge in [0.1, 0.15) is 11.3 Å².